The number of hydrogen-bond donors (Lipinski definition) is 1. The summed E-state index contributed by atoms with van der Waals surface area (Å²) in [5, 5.41) is 2.91. The van der Waals surface area contributed by atoms with E-state index >= 15 is 0 Å². The Labute approximate surface area is 193 Å². The van der Waals surface area contributed by atoms with Crippen LogP contribution in [-0.4, -0.2) is 15.9 Å². The molecule has 31 heavy (non-hydrogen) atoms. The Morgan fingerprint density at radius 3 is 2.48 bits per heavy atom. The Morgan fingerprint density at radius 2 is 1.81 bits per heavy atom. The minimum absolute atomic E-state index is 0.282. The number of anilines is 1. The van der Waals surface area contributed by atoms with Crippen molar-refractivity contribution in [2.45, 2.75) is 13.6 Å². The van der Waals surface area contributed by atoms with Crippen molar-refractivity contribution in [3.63, 3.8) is 0 Å². The largest absolute Gasteiger partial charge is 0.322 e. The second kappa shape index (κ2) is 9.34. The van der Waals surface area contributed by atoms with Crippen molar-refractivity contribution in [2.75, 3.05) is 5.32 Å². The van der Waals surface area contributed by atoms with Crippen LogP contribution in [0.1, 0.15) is 21.7 Å². The lowest BCUT2D eigenvalue weighted by atomic mass is 10.1. The molecule has 0 radical (unpaired) electrons. The number of alkyl halides is 1. The van der Waals surface area contributed by atoms with Gasteiger partial charge in [-0.05, 0) is 71.5 Å². The number of halogens is 2. The third kappa shape index (κ3) is 4.80. The van der Waals surface area contributed by atoms with Crippen molar-refractivity contribution in [1.82, 2.24) is 9.97 Å². The zero-order valence-corrected chi connectivity index (χ0v) is 18.9. The summed E-state index contributed by atoms with van der Waals surface area (Å²) in [7, 11) is 0. The van der Waals surface area contributed by atoms with Crippen LogP contribution in [0.4, 0.5) is 10.1 Å². The van der Waals surface area contributed by atoms with Gasteiger partial charge in [-0.25, -0.2) is 4.39 Å². The van der Waals surface area contributed by atoms with Crippen molar-refractivity contribution in [3.8, 4) is 22.4 Å². The molecule has 0 aliphatic heterocycles. The number of hydrogen-bond acceptors (Lipinski definition) is 3. The molecule has 6 heteroatoms. The number of pyridine rings is 2. The van der Waals surface area contributed by atoms with Gasteiger partial charge in [0.2, 0.25) is 0 Å². The van der Waals surface area contributed by atoms with Gasteiger partial charge in [-0.3, -0.25) is 14.8 Å². The molecule has 0 saturated heterocycles. The maximum absolute atomic E-state index is 12.8. The van der Waals surface area contributed by atoms with Crippen LogP contribution in [0.5, 0.6) is 0 Å². The van der Waals surface area contributed by atoms with Crippen LogP contribution in [0.25, 0.3) is 22.4 Å². The topological polar surface area (TPSA) is 54.9 Å². The van der Waals surface area contributed by atoms with Gasteiger partial charge in [0.05, 0.1) is 22.6 Å². The summed E-state index contributed by atoms with van der Waals surface area (Å²) in [5.74, 6) is -0.282. The van der Waals surface area contributed by atoms with Crippen LogP contribution < -0.4 is 5.32 Å². The second-order valence-electron chi connectivity index (χ2n) is 7.02. The molecule has 0 saturated carbocycles. The van der Waals surface area contributed by atoms with E-state index in [0.29, 0.717) is 22.6 Å². The fraction of sp³-hybridized carbons (Fsp3) is 0.0800. The normalized spacial score (nSPS) is 10.7. The Hall–Kier alpha value is -3.13. The third-order valence-electron chi connectivity index (χ3n) is 4.90. The number of carbonyl (C=O) groups excluding carboxylic acids is 1. The molecule has 4 nitrogen and oxygen atoms in total. The zero-order chi connectivity index (χ0) is 21.8. The molecule has 4 rings (SSSR count). The molecule has 1 amide bonds. The first-order valence-electron chi connectivity index (χ1n) is 9.70. The van der Waals surface area contributed by atoms with Gasteiger partial charge in [0.25, 0.3) is 5.91 Å². The SMILES string of the molecule is Cc1nc(CF)ccc1C(=O)Nc1ccc(I)c(-c2ccc(-c3ccccc3)cn2)c1. The lowest BCUT2D eigenvalue weighted by molar-refractivity contribution is 0.102. The molecule has 0 spiro atoms. The molecule has 0 aliphatic carbocycles. The van der Waals surface area contributed by atoms with Crippen molar-refractivity contribution in [2.24, 2.45) is 0 Å². The summed E-state index contributed by atoms with van der Waals surface area (Å²) in [6, 6.07) is 22.9. The predicted molar refractivity (Wildman–Crippen MR) is 130 cm³/mol. The summed E-state index contributed by atoms with van der Waals surface area (Å²) in [5.41, 5.74) is 5.80. The molecule has 1 N–H and O–H groups in total. The molecule has 4 aromatic rings. The summed E-state index contributed by atoms with van der Waals surface area (Å²) >= 11 is 2.26. The Morgan fingerprint density at radius 1 is 1.00 bits per heavy atom. The Kier molecular flexibility index (Phi) is 6.36. The van der Waals surface area contributed by atoms with Crippen LogP contribution in [-0.2, 0) is 6.67 Å². The molecule has 2 heterocycles. The molecule has 2 aromatic heterocycles. The molecular formula is C25H19FIN3O. The van der Waals surface area contributed by atoms with E-state index < -0.39 is 6.67 Å². The summed E-state index contributed by atoms with van der Waals surface area (Å²) < 4.78 is 13.8. The highest BCUT2D eigenvalue weighted by Gasteiger charge is 2.13. The van der Waals surface area contributed by atoms with E-state index in [1.807, 2.05) is 66.9 Å². The van der Waals surface area contributed by atoms with Crippen molar-refractivity contribution in [1.29, 1.82) is 0 Å². The molecule has 0 fully saturated rings. The van der Waals surface area contributed by atoms with Gasteiger partial charge in [-0.1, -0.05) is 36.4 Å². The van der Waals surface area contributed by atoms with Gasteiger partial charge in [0.1, 0.15) is 6.67 Å². The van der Waals surface area contributed by atoms with Gasteiger partial charge >= 0.3 is 0 Å². The average Bonchev–Trinajstić information content (AvgIpc) is 2.81. The number of nitrogens with one attached hydrogen (secondary N) is 1. The van der Waals surface area contributed by atoms with Gasteiger partial charge in [0.15, 0.2) is 0 Å². The molecule has 0 aliphatic rings. The van der Waals surface area contributed by atoms with Crippen molar-refractivity contribution in [3.05, 3.63) is 99.5 Å². The average molecular weight is 523 g/mol. The molecule has 0 atom stereocenters. The number of nitrogens with zero attached hydrogens (tertiary/aromatic N) is 2. The minimum atomic E-state index is -0.653. The van der Waals surface area contributed by atoms with Gasteiger partial charge in [-0.15, -0.1) is 0 Å². The van der Waals surface area contributed by atoms with Crippen LogP contribution in [0.2, 0.25) is 0 Å². The van der Waals surface area contributed by atoms with Crippen LogP contribution in [0.3, 0.4) is 0 Å². The lowest BCUT2D eigenvalue weighted by Gasteiger charge is -2.11. The van der Waals surface area contributed by atoms with Crippen LogP contribution >= 0.6 is 22.6 Å². The molecule has 154 valence electrons. The first-order valence-corrected chi connectivity index (χ1v) is 10.8. The maximum Gasteiger partial charge on any atom is 0.257 e. The maximum atomic E-state index is 12.8. The third-order valence-corrected chi connectivity index (χ3v) is 5.84. The molecular weight excluding hydrogens is 504 g/mol. The highest BCUT2D eigenvalue weighted by Crippen LogP contribution is 2.29. The van der Waals surface area contributed by atoms with E-state index in [1.54, 1.807) is 13.0 Å². The second-order valence-corrected chi connectivity index (χ2v) is 8.18. The van der Waals surface area contributed by atoms with Crippen molar-refractivity contribution >= 4 is 34.2 Å². The highest BCUT2D eigenvalue weighted by atomic mass is 127. The van der Waals surface area contributed by atoms with Gasteiger partial charge in [0, 0.05) is 26.6 Å². The summed E-state index contributed by atoms with van der Waals surface area (Å²) in [6.07, 6.45) is 1.85. The first kappa shape index (κ1) is 21.1. The van der Waals surface area contributed by atoms with E-state index in [9.17, 15) is 9.18 Å². The van der Waals surface area contributed by atoms with Gasteiger partial charge in [-0.2, -0.15) is 0 Å². The first-order chi connectivity index (χ1) is 15.0. The smallest absolute Gasteiger partial charge is 0.257 e. The fourth-order valence-electron chi connectivity index (χ4n) is 3.28. The van der Waals surface area contributed by atoms with Crippen molar-refractivity contribution < 1.29 is 9.18 Å². The summed E-state index contributed by atoms with van der Waals surface area (Å²) in [6.45, 7) is 1.05. The predicted octanol–water partition coefficient (Wildman–Crippen LogP) is 6.45. The monoisotopic (exact) mass is 523 g/mol. The quantitative estimate of drug-likeness (QED) is 0.306. The van der Waals surface area contributed by atoms with Gasteiger partial charge < -0.3 is 5.32 Å². The van der Waals surface area contributed by atoms with E-state index in [4.69, 9.17) is 0 Å². The standard InChI is InChI=1S/C25H19FIN3O/c1-16-21(10-8-20(14-26)29-16)25(31)30-19-9-11-23(27)22(13-19)24-12-7-18(15-28-24)17-5-3-2-4-6-17/h2-13,15H,14H2,1H3,(H,30,31). The Bertz CT molecular complexity index is 1230. The van der Waals surface area contributed by atoms with E-state index in [-0.39, 0.29) is 5.91 Å². The molecule has 2 aromatic carbocycles. The molecule has 0 bridgehead atoms. The number of carbonyl (C=O) groups is 1. The van der Waals surface area contributed by atoms with E-state index in [0.717, 1.165) is 26.0 Å². The zero-order valence-electron chi connectivity index (χ0n) is 16.8. The number of amides is 1. The highest BCUT2D eigenvalue weighted by molar-refractivity contribution is 14.1. The minimum Gasteiger partial charge on any atom is -0.322 e. The van der Waals surface area contributed by atoms with E-state index in [1.165, 1.54) is 6.07 Å². The lowest BCUT2D eigenvalue weighted by Crippen LogP contribution is -2.14. The molecule has 0 unspecified atom stereocenters. The number of rotatable bonds is 5. The number of benzene rings is 2. The van der Waals surface area contributed by atoms with Crippen LogP contribution in [0, 0.1) is 10.5 Å². The number of aryl methyl sites for hydroxylation is 1. The van der Waals surface area contributed by atoms with Crippen LogP contribution in [0.15, 0.2) is 79.0 Å². The summed E-state index contributed by atoms with van der Waals surface area (Å²) in [4.78, 5) is 21.5. The van der Waals surface area contributed by atoms with E-state index in [2.05, 4.69) is 37.9 Å². The number of aromatic nitrogens is 2. The fourth-order valence-corrected chi connectivity index (χ4v) is 3.89. The Balaban J connectivity index is 1.58.